The Bertz CT molecular complexity index is 416. The van der Waals surface area contributed by atoms with Crippen LogP contribution in [-0.2, 0) is 0 Å². The Morgan fingerprint density at radius 3 is 2.68 bits per heavy atom. The maximum Gasteiger partial charge on any atom is 0.251 e. The first-order valence-electron chi connectivity index (χ1n) is 7.01. The number of carbonyl (C=O) groups is 1. The number of nitrogens with one attached hydrogen (secondary N) is 2. The summed E-state index contributed by atoms with van der Waals surface area (Å²) in [6, 6.07) is 3.54. The summed E-state index contributed by atoms with van der Waals surface area (Å²) in [5.41, 5.74) is 0.476. The van der Waals surface area contributed by atoms with Crippen LogP contribution in [0.2, 0.25) is 0 Å². The zero-order valence-corrected chi connectivity index (χ0v) is 12.4. The van der Waals surface area contributed by atoms with Crippen molar-refractivity contribution in [1.29, 1.82) is 0 Å². The van der Waals surface area contributed by atoms with Crippen LogP contribution in [0.25, 0.3) is 0 Å². The van der Waals surface area contributed by atoms with Crippen molar-refractivity contribution < 1.29 is 4.79 Å². The van der Waals surface area contributed by atoms with Crippen LogP contribution in [0, 0.1) is 0 Å². The molecule has 1 amide bonds. The fraction of sp³-hybridized carbons (Fsp3) is 0.600. The Balaban J connectivity index is 2.71. The molecule has 0 bridgehead atoms. The SMILES string of the molecule is CCCNc1cc(C(=O)NC(C)(C)CCC)ccn1. The van der Waals surface area contributed by atoms with Gasteiger partial charge in [0.2, 0.25) is 0 Å². The lowest BCUT2D eigenvalue weighted by Crippen LogP contribution is -2.43. The summed E-state index contributed by atoms with van der Waals surface area (Å²) < 4.78 is 0. The summed E-state index contributed by atoms with van der Waals surface area (Å²) in [6.45, 7) is 9.17. The predicted molar refractivity (Wildman–Crippen MR) is 79.5 cm³/mol. The Labute approximate surface area is 116 Å². The highest BCUT2D eigenvalue weighted by atomic mass is 16.1. The minimum absolute atomic E-state index is 0.0413. The van der Waals surface area contributed by atoms with E-state index in [1.807, 2.05) is 13.8 Å². The quantitative estimate of drug-likeness (QED) is 0.794. The maximum atomic E-state index is 12.2. The van der Waals surface area contributed by atoms with Crippen LogP contribution in [0.4, 0.5) is 5.82 Å². The minimum Gasteiger partial charge on any atom is -0.370 e. The van der Waals surface area contributed by atoms with Gasteiger partial charge in [-0.3, -0.25) is 4.79 Å². The first-order chi connectivity index (χ1) is 8.98. The van der Waals surface area contributed by atoms with Crippen molar-refractivity contribution >= 4 is 11.7 Å². The van der Waals surface area contributed by atoms with Gasteiger partial charge < -0.3 is 10.6 Å². The van der Waals surface area contributed by atoms with Gasteiger partial charge in [0.25, 0.3) is 5.91 Å². The first-order valence-corrected chi connectivity index (χ1v) is 7.01. The van der Waals surface area contributed by atoms with E-state index in [4.69, 9.17) is 0 Å². The molecule has 0 aliphatic heterocycles. The van der Waals surface area contributed by atoms with Crippen molar-refractivity contribution in [2.24, 2.45) is 0 Å². The lowest BCUT2D eigenvalue weighted by atomic mass is 9.98. The smallest absolute Gasteiger partial charge is 0.251 e. The van der Waals surface area contributed by atoms with Gasteiger partial charge in [-0.2, -0.15) is 0 Å². The molecule has 4 nitrogen and oxygen atoms in total. The number of carbonyl (C=O) groups excluding carboxylic acids is 1. The monoisotopic (exact) mass is 263 g/mol. The van der Waals surface area contributed by atoms with E-state index in [1.165, 1.54) is 0 Å². The van der Waals surface area contributed by atoms with Gasteiger partial charge in [-0.1, -0.05) is 20.3 Å². The lowest BCUT2D eigenvalue weighted by molar-refractivity contribution is 0.0909. The largest absolute Gasteiger partial charge is 0.370 e. The molecule has 0 saturated heterocycles. The van der Waals surface area contributed by atoms with E-state index < -0.39 is 0 Å². The minimum atomic E-state index is -0.174. The molecule has 0 aliphatic rings. The van der Waals surface area contributed by atoms with Crippen LogP contribution >= 0.6 is 0 Å². The second-order valence-electron chi connectivity index (χ2n) is 5.44. The third kappa shape index (κ3) is 5.28. The zero-order chi connectivity index (χ0) is 14.3. The van der Waals surface area contributed by atoms with Gasteiger partial charge in [-0.15, -0.1) is 0 Å². The Hall–Kier alpha value is -1.58. The standard InChI is InChI=1S/C15H25N3O/c1-5-8-15(3,4)18-14(19)12-7-10-17-13(11-12)16-9-6-2/h7,10-11H,5-6,8-9H2,1-4H3,(H,16,17)(H,18,19). The van der Waals surface area contributed by atoms with Crippen molar-refractivity contribution in [3.63, 3.8) is 0 Å². The highest BCUT2D eigenvalue weighted by molar-refractivity contribution is 5.95. The first kappa shape index (κ1) is 15.5. The van der Waals surface area contributed by atoms with Crippen LogP contribution in [0.5, 0.6) is 0 Å². The molecule has 0 spiro atoms. The highest BCUT2D eigenvalue weighted by Gasteiger charge is 2.20. The number of pyridine rings is 1. The number of hydrogen-bond donors (Lipinski definition) is 2. The molecule has 1 rings (SSSR count). The number of nitrogens with zero attached hydrogens (tertiary/aromatic N) is 1. The van der Waals surface area contributed by atoms with E-state index in [9.17, 15) is 4.79 Å². The van der Waals surface area contributed by atoms with Crippen molar-refractivity contribution in [3.8, 4) is 0 Å². The van der Waals surface area contributed by atoms with Gasteiger partial charge in [0.05, 0.1) is 0 Å². The molecule has 1 aromatic rings. The van der Waals surface area contributed by atoms with Crippen LogP contribution in [0.1, 0.15) is 57.3 Å². The molecule has 0 aliphatic carbocycles. The fourth-order valence-electron chi connectivity index (χ4n) is 1.99. The molecule has 1 heterocycles. The van der Waals surface area contributed by atoms with Crippen LogP contribution in [0.3, 0.4) is 0 Å². The van der Waals surface area contributed by atoms with Gasteiger partial charge in [-0.25, -0.2) is 4.98 Å². The van der Waals surface area contributed by atoms with Crippen molar-refractivity contribution in [2.75, 3.05) is 11.9 Å². The second kappa shape index (κ2) is 7.12. The molecule has 4 heteroatoms. The molecule has 2 N–H and O–H groups in total. The number of anilines is 1. The number of amides is 1. The third-order valence-electron chi connectivity index (χ3n) is 2.91. The van der Waals surface area contributed by atoms with Gasteiger partial charge in [-0.05, 0) is 38.8 Å². The lowest BCUT2D eigenvalue weighted by Gasteiger charge is -2.25. The van der Waals surface area contributed by atoms with E-state index in [0.29, 0.717) is 5.56 Å². The maximum absolute atomic E-state index is 12.2. The molecule has 0 aromatic carbocycles. The summed E-state index contributed by atoms with van der Waals surface area (Å²) in [6.07, 6.45) is 4.71. The van der Waals surface area contributed by atoms with Crippen LogP contribution in [-0.4, -0.2) is 23.0 Å². The number of hydrogen-bond acceptors (Lipinski definition) is 3. The molecule has 0 atom stereocenters. The molecule has 1 aromatic heterocycles. The van der Waals surface area contributed by atoms with Gasteiger partial charge >= 0.3 is 0 Å². The molecule has 0 saturated carbocycles. The molecule has 0 unspecified atom stereocenters. The van der Waals surface area contributed by atoms with Gasteiger partial charge in [0, 0.05) is 23.8 Å². The molecule has 19 heavy (non-hydrogen) atoms. The van der Waals surface area contributed by atoms with Crippen LogP contribution in [0.15, 0.2) is 18.3 Å². The highest BCUT2D eigenvalue weighted by Crippen LogP contribution is 2.13. The van der Waals surface area contributed by atoms with Gasteiger partial charge in [0.15, 0.2) is 0 Å². The normalized spacial score (nSPS) is 11.2. The predicted octanol–water partition coefficient (Wildman–Crippen LogP) is 3.21. The number of rotatable bonds is 7. The topological polar surface area (TPSA) is 54.0 Å². The fourth-order valence-corrected chi connectivity index (χ4v) is 1.99. The molecular formula is C15H25N3O. The Morgan fingerprint density at radius 1 is 1.32 bits per heavy atom. The molecule has 0 fully saturated rings. The van der Waals surface area contributed by atoms with E-state index in [-0.39, 0.29) is 11.4 Å². The average molecular weight is 263 g/mol. The van der Waals surface area contributed by atoms with Crippen molar-refractivity contribution in [3.05, 3.63) is 23.9 Å². The van der Waals surface area contributed by atoms with Crippen molar-refractivity contribution in [2.45, 2.75) is 52.5 Å². The number of aromatic nitrogens is 1. The second-order valence-corrected chi connectivity index (χ2v) is 5.44. The summed E-state index contributed by atoms with van der Waals surface area (Å²) in [4.78, 5) is 16.4. The van der Waals surface area contributed by atoms with E-state index in [1.54, 1.807) is 18.3 Å². The van der Waals surface area contributed by atoms with Crippen LogP contribution < -0.4 is 10.6 Å². The molecular weight excluding hydrogens is 238 g/mol. The summed E-state index contributed by atoms with van der Waals surface area (Å²) in [7, 11) is 0. The molecule has 0 radical (unpaired) electrons. The van der Waals surface area contributed by atoms with Gasteiger partial charge in [0.1, 0.15) is 5.82 Å². The Morgan fingerprint density at radius 2 is 2.05 bits per heavy atom. The van der Waals surface area contributed by atoms with Crippen molar-refractivity contribution in [1.82, 2.24) is 10.3 Å². The average Bonchev–Trinajstić information content (AvgIpc) is 2.36. The Kier molecular flexibility index (Phi) is 5.80. The summed E-state index contributed by atoms with van der Waals surface area (Å²) >= 11 is 0. The van der Waals surface area contributed by atoms with E-state index in [0.717, 1.165) is 31.6 Å². The molecule has 106 valence electrons. The summed E-state index contributed by atoms with van der Waals surface area (Å²) in [5.74, 6) is 0.711. The van der Waals surface area contributed by atoms with E-state index in [2.05, 4.69) is 29.5 Å². The zero-order valence-electron chi connectivity index (χ0n) is 12.4. The third-order valence-corrected chi connectivity index (χ3v) is 2.91. The van der Waals surface area contributed by atoms with E-state index >= 15 is 0 Å². The summed E-state index contributed by atoms with van der Waals surface area (Å²) in [5, 5.41) is 6.25.